The Kier molecular flexibility index (Phi) is 5.51. The molecule has 1 atom stereocenters. The van der Waals surface area contributed by atoms with Gasteiger partial charge in [-0.25, -0.2) is 0 Å². The van der Waals surface area contributed by atoms with Crippen molar-refractivity contribution in [3.05, 3.63) is 71.4 Å². The van der Waals surface area contributed by atoms with Crippen LogP contribution < -0.4 is 11.1 Å². The predicted octanol–water partition coefficient (Wildman–Crippen LogP) is 3.48. The number of carbonyl (C=O) groups excluding carboxylic acids is 1. The zero-order chi connectivity index (χ0) is 17.6. The smallest absolute Gasteiger partial charge is 0.221 e. The van der Waals surface area contributed by atoms with E-state index in [1.165, 1.54) is 22.0 Å². The zero-order valence-electron chi connectivity index (χ0n) is 14.6. The second-order valence-corrected chi connectivity index (χ2v) is 6.33. The van der Waals surface area contributed by atoms with Crippen LogP contribution in [0.1, 0.15) is 36.1 Å². The van der Waals surface area contributed by atoms with Gasteiger partial charge >= 0.3 is 0 Å². The lowest BCUT2D eigenvalue weighted by Crippen LogP contribution is -2.29. The van der Waals surface area contributed by atoms with E-state index in [1.54, 1.807) is 0 Å². The number of hydrogen-bond acceptors (Lipinski definition) is 2. The Morgan fingerprint density at radius 1 is 1.12 bits per heavy atom. The van der Waals surface area contributed by atoms with Gasteiger partial charge in [-0.15, -0.1) is 0 Å². The van der Waals surface area contributed by atoms with Gasteiger partial charge in [-0.1, -0.05) is 55.5 Å². The first-order chi connectivity index (χ1) is 12.2. The number of para-hydroxylation sites is 1. The lowest BCUT2D eigenvalue weighted by atomic mass is 10.0. The zero-order valence-corrected chi connectivity index (χ0v) is 14.6. The van der Waals surface area contributed by atoms with Crippen molar-refractivity contribution in [2.75, 3.05) is 6.54 Å². The molecule has 0 saturated heterocycles. The van der Waals surface area contributed by atoms with Crippen molar-refractivity contribution in [3.63, 3.8) is 0 Å². The average Bonchev–Trinajstić information content (AvgIpc) is 3.05. The Hall–Kier alpha value is -2.59. The number of aryl methyl sites for hydroxylation is 1. The molecule has 1 aromatic heterocycles. The van der Waals surface area contributed by atoms with Gasteiger partial charge in [-0.05, 0) is 29.5 Å². The highest BCUT2D eigenvalue weighted by Gasteiger charge is 2.11. The van der Waals surface area contributed by atoms with Gasteiger partial charge in [-0.3, -0.25) is 4.79 Å². The summed E-state index contributed by atoms with van der Waals surface area (Å²) in [6, 6.07) is 15.8. The molecule has 0 bridgehead atoms. The summed E-state index contributed by atoms with van der Waals surface area (Å²) >= 11 is 0. The summed E-state index contributed by atoms with van der Waals surface area (Å²) in [5, 5.41) is 4.23. The summed E-state index contributed by atoms with van der Waals surface area (Å²) in [5.41, 5.74) is 10.9. The summed E-state index contributed by atoms with van der Waals surface area (Å²) in [6.07, 6.45) is 4.16. The predicted molar refractivity (Wildman–Crippen MR) is 102 cm³/mol. The number of nitrogens with one attached hydrogen (secondary N) is 2. The van der Waals surface area contributed by atoms with Crippen LogP contribution in [-0.4, -0.2) is 17.4 Å². The van der Waals surface area contributed by atoms with E-state index in [4.69, 9.17) is 5.73 Å². The molecule has 1 amide bonds. The van der Waals surface area contributed by atoms with Crippen molar-refractivity contribution < 1.29 is 4.79 Å². The first-order valence-corrected chi connectivity index (χ1v) is 8.84. The van der Waals surface area contributed by atoms with Gasteiger partial charge in [0, 0.05) is 36.1 Å². The molecule has 1 heterocycles. The highest BCUT2D eigenvalue weighted by molar-refractivity contribution is 5.86. The van der Waals surface area contributed by atoms with Crippen molar-refractivity contribution in [3.8, 4) is 0 Å². The quantitative estimate of drug-likeness (QED) is 0.618. The number of hydrogen-bond donors (Lipinski definition) is 3. The molecule has 25 heavy (non-hydrogen) atoms. The van der Waals surface area contributed by atoms with E-state index >= 15 is 0 Å². The topological polar surface area (TPSA) is 70.9 Å². The number of fused-ring (bicyclic) bond motifs is 1. The minimum absolute atomic E-state index is 0.00885. The molecule has 4 N–H and O–H groups in total. The molecule has 4 heteroatoms. The molecular formula is C21H25N3O. The summed E-state index contributed by atoms with van der Waals surface area (Å²) in [4.78, 5) is 15.5. The van der Waals surface area contributed by atoms with Crippen LogP contribution in [0, 0.1) is 0 Å². The second kappa shape index (κ2) is 7.99. The first-order valence-electron chi connectivity index (χ1n) is 8.84. The summed E-state index contributed by atoms with van der Waals surface area (Å²) in [5.74, 6) is -0.00885. The molecule has 1 unspecified atom stereocenters. The van der Waals surface area contributed by atoms with Crippen LogP contribution in [0.2, 0.25) is 0 Å². The third kappa shape index (κ3) is 4.09. The van der Waals surface area contributed by atoms with E-state index in [0.29, 0.717) is 13.0 Å². The van der Waals surface area contributed by atoms with Crippen LogP contribution in [0.5, 0.6) is 0 Å². The number of aromatic amines is 1. The van der Waals surface area contributed by atoms with Crippen molar-refractivity contribution in [1.82, 2.24) is 10.3 Å². The van der Waals surface area contributed by atoms with E-state index in [2.05, 4.69) is 35.4 Å². The molecule has 3 rings (SSSR count). The van der Waals surface area contributed by atoms with Crippen molar-refractivity contribution in [1.29, 1.82) is 0 Å². The van der Waals surface area contributed by atoms with Gasteiger partial charge in [0.1, 0.15) is 0 Å². The van der Waals surface area contributed by atoms with Gasteiger partial charge in [0.25, 0.3) is 0 Å². The Balaban J connectivity index is 1.54. The van der Waals surface area contributed by atoms with E-state index in [9.17, 15) is 4.79 Å². The molecule has 130 valence electrons. The maximum atomic E-state index is 12.1. The lowest BCUT2D eigenvalue weighted by molar-refractivity contribution is -0.121. The standard InChI is InChI=1S/C21H25N3O/c1-2-15-9-6-10-18-17(14-24-21(15)18)11-12-23-20(25)13-19(22)16-7-4-3-5-8-16/h3-10,14,19,24H,2,11-13,22H2,1H3,(H,23,25). The van der Waals surface area contributed by atoms with Crippen LogP contribution in [0.25, 0.3) is 10.9 Å². The summed E-state index contributed by atoms with van der Waals surface area (Å²) in [6.45, 7) is 2.77. The summed E-state index contributed by atoms with van der Waals surface area (Å²) < 4.78 is 0. The number of H-pyrrole nitrogens is 1. The number of aromatic nitrogens is 1. The minimum atomic E-state index is -0.263. The Morgan fingerprint density at radius 3 is 2.68 bits per heavy atom. The van der Waals surface area contributed by atoms with E-state index in [1.807, 2.05) is 36.5 Å². The third-order valence-corrected chi connectivity index (χ3v) is 4.62. The highest BCUT2D eigenvalue weighted by Crippen LogP contribution is 2.22. The maximum Gasteiger partial charge on any atom is 0.221 e. The maximum absolute atomic E-state index is 12.1. The third-order valence-electron chi connectivity index (χ3n) is 4.62. The number of rotatable bonds is 7. The van der Waals surface area contributed by atoms with Crippen LogP contribution >= 0.6 is 0 Å². The molecule has 0 fully saturated rings. The number of amides is 1. The van der Waals surface area contributed by atoms with Gasteiger partial charge in [0.15, 0.2) is 0 Å². The molecule has 0 radical (unpaired) electrons. The molecule has 0 aliphatic heterocycles. The largest absolute Gasteiger partial charge is 0.361 e. The van der Waals surface area contributed by atoms with Gasteiger partial charge < -0.3 is 16.0 Å². The fourth-order valence-corrected chi connectivity index (χ4v) is 3.20. The fraction of sp³-hybridized carbons (Fsp3) is 0.286. The molecule has 3 aromatic rings. The van der Waals surface area contributed by atoms with E-state index in [0.717, 1.165) is 18.4 Å². The number of nitrogens with two attached hydrogens (primary N) is 1. The second-order valence-electron chi connectivity index (χ2n) is 6.33. The van der Waals surface area contributed by atoms with Gasteiger partial charge in [0.2, 0.25) is 5.91 Å². The lowest BCUT2D eigenvalue weighted by Gasteiger charge is -2.12. The van der Waals surface area contributed by atoms with E-state index < -0.39 is 0 Å². The molecule has 0 aliphatic rings. The molecular weight excluding hydrogens is 310 g/mol. The van der Waals surface area contributed by atoms with Crippen molar-refractivity contribution in [2.24, 2.45) is 5.73 Å². The van der Waals surface area contributed by atoms with Crippen LogP contribution in [0.15, 0.2) is 54.7 Å². The van der Waals surface area contributed by atoms with Gasteiger partial charge in [-0.2, -0.15) is 0 Å². The molecule has 4 nitrogen and oxygen atoms in total. The molecule has 0 aliphatic carbocycles. The number of carbonyl (C=O) groups is 1. The van der Waals surface area contributed by atoms with Crippen molar-refractivity contribution in [2.45, 2.75) is 32.2 Å². The normalized spacial score (nSPS) is 12.2. The molecule has 2 aromatic carbocycles. The Labute approximate surface area is 148 Å². The monoisotopic (exact) mass is 335 g/mol. The molecule has 0 spiro atoms. The minimum Gasteiger partial charge on any atom is -0.361 e. The van der Waals surface area contributed by atoms with Crippen LogP contribution in [0.3, 0.4) is 0 Å². The highest BCUT2D eigenvalue weighted by atomic mass is 16.1. The Morgan fingerprint density at radius 2 is 1.92 bits per heavy atom. The van der Waals surface area contributed by atoms with Crippen LogP contribution in [0.4, 0.5) is 0 Å². The molecule has 0 saturated carbocycles. The van der Waals surface area contributed by atoms with Crippen molar-refractivity contribution >= 4 is 16.8 Å². The first kappa shape index (κ1) is 17.2. The van der Waals surface area contributed by atoms with Crippen LogP contribution in [-0.2, 0) is 17.6 Å². The number of benzene rings is 2. The van der Waals surface area contributed by atoms with Gasteiger partial charge in [0.05, 0.1) is 0 Å². The van der Waals surface area contributed by atoms with E-state index in [-0.39, 0.29) is 11.9 Å². The fourth-order valence-electron chi connectivity index (χ4n) is 3.20. The SMILES string of the molecule is CCc1cccc2c(CCNC(=O)CC(N)c3ccccc3)c[nH]c12. The Bertz CT molecular complexity index is 839. The summed E-state index contributed by atoms with van der Waals surface area (Å²) in [7, 11) is 0. The average molecular weight is 335 g/mol.